The second-order valence-electron chi connectivity index (χ2n) is 6.53. The van der Waals surface area contributed by atoms with E-state index < -0.39 is 27.7 Å². The van der Waals surface area contributed by atoms with Gasteiger partial charge in [-0.3, -0.25) is 14.9 Å². The maximum absolute atomic E-state index is 12.9. The molecule has 0 radical (unpaired) electrons. The molecule has 0 spiro atoms. The summed E-state index contributed by atoms with van der Waals surface area (Å²) in [6.07, 6.45) is 0. The normalized spacial score (nSPS) is 14.8. The molecule has 1 amide bonds. The zero-order valence-electron chi connectivity index (χ0n) is 16.9. The zero-order chi connectivity index (χ0) is 22.6. The van der Waals surface area contributed by atoms with Crippen LogP contribution < -0.4 is 5.32 Å². The van der Waals surface area contributed by atoms with Gasteiger partial charge in [0.1, 0.15) is 5.69 Å². The predicted molar refractivity (Wildman–Crippen MR) is 112 cm³/mol. The molecule has 0 bridgehead atoms. The summed E-state index contributed by atoms with van der Waals surface area (Å²) in [7, 11) is -3.77. The molecule has 166 valence electrons. The number of esters is 1. The van der Waals surface area contributed by atoms with Crippen molar-refractivity contribution in [3.05, 3.63) is 40.4 Å². The third kappa shape index (κ3) is 5.15. The molecule has 1 N–H and O–H groups in total. The third-order valence-electron chi connectivity index (χ3n) is 4.48. The van der Waals surface area contributed by atoms with E-state index in [-0.39, 0.29) is 41.0 Å². The number of amides is 1. The lowest BCUT2D eigenvalue weighted by atomic mass is 10.1. The van der Waals surface area contributed by atoms with Crippen molar-refractivity contribution >= 4 is 44.2 Å². The van der Waals surface area contributed by atoms with Gasteiger partial charge in [0.2, 0.25) is 10.0 Å². The minimum Gasteiger partial charge on any atom is -0.460 e. The van der Waals surface area contributed by atoms with Gasteiger partial charge in [-0.2, -0.15) is 4.31 Å². The van der Waals surface area contributed by atoms with Crippen LogP contribution in [0.15, 0.2) is 28.5 Å². The van der Waals surface area contributed by atoms with Gasteiger partial charge in [-0.25, -0.2) is 18.2 Å². The first-order chi connectivity index (χ1) is 14.7. The van der Waals surface area contributed by atoms with Crippen molar-refractivity contribution in [2.75, 3.05) is 38.2 Å². The highest BCUT2D eigenvalue weighted by Crippen LogP contribution is 2.23. The first kappa shape index (κ1) is 23.0. The molecule has 0 aliphatic carbocycles. The van der Waals surface area contributed by atoms with E-state index >= 15 is 0 Å². The summed E-state index contributed by atoms with van der Waals surface area (Å²) in [6.45, 7) is 4.43. The van der Waals surface area contributed by atoms with Gasteiger partial charge in [0, 0.05) is 24.0 Å². The molecule has 1 saturated heterocycles. The fourth-order valence-corrected chi connectivity index (χ4v) is 4.96. The van der Waals surface area contributed by atoms with Gasteiger partial charge in [0.05, 0.1) is 24.7 Å². The number of ketones is 1. The SMILES string of the molecule is CCOC(=O)C(=O)c1csc(NC(=O)c2cc(S(=O)(=O)N3CCOCC3)ccc2C)n1. The van der Waals surface area contributed by atoms with Crippen molar-refractivity contribution in [3.8, 4) is 0 Å². The smallest absolute Gasteiger partial charge is 0.381 e. The van der Waals surface area contributed by atoms with Crippen molar-refractivity contribution < 1.29 is 32.3 Å². The molecule has 1 aliphatic heterocycles. The average Bonchev–Trinajstić information content (AvgIpc) is 3.22. The van der Waals surface area contributed by atoms with Crippen molar-refractivity contribution in [1.82, 2.24) is 9.29 Å². The Labute approximate surface area is 183 Å². The summed E-state index contributed by atoms with van der Waals surface area (Å²) < 4.78 is 36.9. The van der Waals surface area contributed by atoms with Crippen molar-refractivity contribution in [3.63, 3.8) is 0 Å². The summed E-state index contributed by atoms with van der Waals surface area (Å²) in [5.74, 6) is -2.52. The zero-order valence-corrected chi connectivity index (χ0v) is 18.5. The largest absolute Gasteiger partial charge is 0.460 e. The maximum atomic E-state index is 12.9. The molecule has 2 heterocycles. The Morgan fingerprint density at radius 3 is 2.65 bits per heavy atom. The number of aryl methyl sites for hydroxylation is 1. The average molecular weight is 468 g/mol. The van der Waals surface area contributed by atoms with Gasteiger partial charge in [0.15, 0.2) is 5.13 Å². The van der Waals surface area contributed by atoms with E-state index in [9.17, 15) is 22.8 Å². The number of morpholine rings is 1. The summed E-state index contributed by atoms with van der Waals surface area (Å²) in [5, 5.41) is 3.97. The first-order valence-electron chi connectivity index (χ1n) is 9.41. The molecule has 10 nitrogen and oxygen atoms in total. The number of Topliss-reactive ketones (excluding diaryl/α,β-unsaturated/α-hetero) is 1. The number of hydrogen-bond acceptors (Lipinski definition) is 9. The van der Waals surface area contributed by atoms with E-state index in [1.165, 1.54) is 21.8 Å². The van der Waals surface area contributed by atoms with Gasteiger partial charge < -0.3 is 9.47 Å². The van der Waals surface area contributed by atoms with Crippen LogP contribution in [-0.4, -0.2) is 68.3 Å². The number of carbonyl (C=O) groups excluding carboxylic acids is 3. The van der Waals surface area contributed by atoms with Crippen LogP contribution in [-0.2, 0) is 24.3 Å². The molecule has 0 atom stereocenters. The van der Waals surface area contributed by atoms with Crippen molar-refractivity contribution in [1.29, 1.82) is 0 Å². The molecule has 0 unspecified atom stereocenters. The number of benzene rings is 1. The maximum Gasteiger partial charge on any atom is 0.381 e. The fourth-order valence-electron chi connectivity index (χ4n) is 2.84. The Balaban J connectivity index is 1.79. The second-order valence-corrected chi connectivity index (χ2v) is 9.33. The number of carbonyl (C=O) groups is 3. The first-order valence-corrected chi connectivity index (χ1v) is 11.7. The van der Waals surface area contributed by atoms with Crippen molar-refractivity contribution in [2.45, 2.75) is 18.7 Å². The van der Waals surface area contributed by atoms with E-state index in [4.69, 9.17) is 4.74 Å². The number of nitrogens with zero attached hydrogens (tertiary/aromatic N) is 2. The van der Waals surface area contributed by atoms with Gasteiger partial charge in [-0.05, 0) is 31.5 Å². The number of ether oxygens (including phenoxy) is 2. The Morgan fingerprint density at radius 1 is 1.26 bits per heavy atom. The molecule has 3 rings (SSSR count). The van der Waals surface area contributed by atoms with Gasteiger partial charge in [0.25, 0.3) is 11.7 Å². The summed E-state index contributed by atoms with van der Waals surface area (Å²) in [4.78, 5) is 40.2. The highest BCUT2D eigenvalue weighted by molar-refractivity contribution is 7.89. The quantitative estimate of drug-likeness (QED) is 0.368. The minimum atomic E-state index is -3.77. The van der Waals surface area contributed by atoms with Gasteiger partial charge >= 0.3 is 5.97 Å². The van der Waals surface area contributed by atoms with Crippen LogP contribution in [0.2, 0.25) is 0 Å². The number of sulfonamides is 1. The molecular formula is C19H21N3O7S2. The Bertz CT molecular complexity index is 1110. The molecule has 2 aromatic rings. The standard InChI is InChI=1S/C19H21N3O7S2/c1-3-29-18(25)16(23)15-11-30-19(20-15)21-17(24)14-10-13(5-4-12(14)2)31(26,27)22-6-8-28-9-7-22/h4-5,10-11H,3,6-9H2,1-2H3,(H,20,21,24). The Kier molecular flexibility index (Phi) is 7.15. The summed E-state index contributed by atoms with van der Waals surface area (Å²) in [6, 6.07) is 4.32. The molecule has 1 aliphatic rings. The van der Waals surface area contributed by atoms with E-state index in [1.807, 2.05) is 0 Å². The van der Waals surface area contributed by atoms with Crippen LogP contribution in [0.1, 0.15) is 33.3 Å². The lowest BCUT2D eigenvalue weighted by Crippen LogP contribution is -2.40. The van der Waals surface area contributed by atoms with E-state index in [2.05, 4.69) is 15.0 Å². The summed E-state index contributed by atoms with van der Waals surface area (Å²) in [5.41, 5.74) is 0.583. The lowest BCUT2D eigenvalue weighted by molar-refractivity contribution is -0.137. The Hall–Kier alpha value is -2.67. The van der Waals surface area contributed by atoms with Crippen LogP contribution in [0.5, 0.6) is 0 Å². The number of aromatic nitrogens is 1. The van der Waals surface area contributed by atoms with Crippen LogP contribution >= 0.6 is 11.3 Å². The number of thiazole rings is 1. The second kappa shape index (κ2) is 9.64. The van der Waals surface area contributed by atoms with E-state index in [0.717, 1.165) is 11.3 Å². The van der Waals surface area contributed by atoms with Crippen molar-refractivity contribution in [2.24, 2.45) is 0 Å². The van der Waals surface area contributed by atoms with E-state index in [1.54, 1.807) is 19.9 Å². The number of hydrogen-bond donors (Lipinski definition) is 1. The van der Waals surface area contributed by atoms with Crippen LogP contribution in [0.4, 0.5) is 5.13 Å². The van der Waals surface area contributed by atoms with Gasteiger partial charge in [-0.1, -0.05) is 6.07 Å². The highest BCUT2D eigenvalue weighted by atomic mass is 32.2. The fraction of sp³-hybridized carbons (Fsp3) is 0.368. The Morgan fingerprint density at radius 2 is 1.97 bits per heavy atom. The third-order valence-corrected chi connectivity index (χ3v) is 7.13. The van der Waals surface area contributed by atoms with Gasteiger partial charge in [-0.15, -0.1) is 11.3 Å². The molecule has 31 heavy (non-hydrogen) atoms. The minimum absolute atomic E-state index is 0.00228. The number of anilines is 1. The molecular weight excluding hydrogens is 446 g/mol. The molecule has 1 fully saturated rings. The van der Waals surface area contributed by atoms with Crippen LogP contribution in [0, 0.1) is 6.92 Å². The molecule has 12 heteroatoms. The highest BCUT2D eigenvalue weighted by Gasteiger charge is 2.28. The van der Waals surface area contributed by atoms with Crippen LogP contribution in [0.25, 0.3) is 0 Å². The number of rotatable bonds is 7. The number of nitrogens with one attached hydrogen (secondary N) is 1. The molecule has 1 aromatic carbocycles. The topological polar surface area (TPSA) is 132 Å². The molecule has 0 saturated carbocycles. The summed E-state index contributed by atoms with van der Waals surface area (Å²) >= 11 is 0.963. The molecule has 1 aromatic heterocycles. The monoisotopic (exact) mass is 467 g/mol. The van der Waals surface area contributed by atoms with Crippen LogP contribution in [0.3, 0.4) is 0 Å². The van der Waals surface area contributed by atoms with E-state index in [0.29, 0.717) is 18.8 Å². The predicted octanol–water partition coefficient (Wildman–Crippen LogP) is 1.47. The lowest BCUT2D eigenvalue weighted by Gasteiger charge is -2.26.